The number of hydrogen-bond donors (Lipinski definition) is 3. The average Bonchev–Trinajstić information content (AvgIpc) is 2.80. The van der Waals surface area contributed by atoms with Crippen LogP contribution in [0.3, 0.4) is 0 Å². The number of hydrogen-bond acceptors (Lipinski definition) is 7. The third-order valence-electron chi connectivity index (χ3n) is 5.16. The monoisotopic (exact) mass is 453 g/mol. The molecule has 1 aliphatic heterocycles. The summed E-state index contributed by atoms with van der Waals surface area (Å²) in [4.78, 5) is 24.4. The number of rotatable bonds is 9. The highest BCUT2D eigenvalue weighted by molar-refractivity contribution is 6.30. The first-order chi connectivity index (χ1) is 15.6. The number of carboxylic acid groups (broad SMARTS) is 1. The Morgan fingerprint density at radius 2 is 1.97 bits per heavy atom. The molecule has 3 aromatic rings. The highest BCUT2D eigenvalue weighted by Gasteiger charge is 2.16. The van der Waals surface area contributed by atoms with Crippen molar-refractivity contribution in [1.29, 1.82) is 0 Å². The number of nitrogens with one attached hydrogen (secondary N) is 2. The van der Waals surface area contributed by atoms with Crippen LogP contribution in [0.4, 0.5) is 11.5 Å². The van der Waals surface area contributed by atoms with Crippen molar-refractivity contribution < 1.29 is 14.6 Å². The van der Waals surface area contributed by atoms with Gasteiger partial charge in [-0.05, 0) is 42.2 Å². The molecule has 166 valence electrons. The number of ether oxygens (including phenoxy) is 1. The molecule has 8 nitrogen and oxygen atoms in total. The molecule has 0 fully saturated rings. The zero-order valence-corrected chi connectivity index (χ0v) is 18.2. The molecule has 1 aliphatic rings. The number of nitrogens with zero attached hydrogens (tertiary/aromatic N) is 3. The van der Waals surface area contributed by atoms with Crippen LogP contribution in [-0.2, 0) is 17.6 Å². The van der Waals surface area contributed by atoms with E-state index in [2.05, 4.69) is 31.7 Å². The number of pyridine rings is 1. The molecule has 0 amide bonds. The minimum atomic E-state index is -0.913. The largest absolute Gasteiger partial charge is 0.481 e. The molecule has 1 atom stereocenters. The Labute approximate surface area is 191 Å². The summed E-state index contributed by atoms with van der Waals surface area (Å²) in [6.45, 7) is 1.37. The predicted molar refractivity (Wildman–Crippen MR) is 122 cm³/mol. The molecule has 3 heterocycles. The fourth-order valence-corrected chi connectivity index (χ4v) is 3.67. The van der Waals surface area contributed by atoms with Crippen LogP contribution in [0.2, 0.25) is 5.02 Å². The van der Waals surface area contributed by atoms with Gasteiger partial charge < -0.3 is 20.5 Å². The molecule has 0 saturated carbocycles. The molecule has 3 N–H and O–H groups in total. The maximum Gasteiger partial charge on any atom is 0.316 e. The van der Waals surface area contributed by atoms with E-state index in [1.165, 1.54) is 5.56 Å². The fourth-order valence-electron chi connectivity index (χ4n) is 3.54. The summed E-state index contributed by atoms with van der Waals surface area (Å²) in [5.41, 5.74) is 3.62. The van der Waals surface area contributed by atoms with Gasteiger partial charge in [0.05, 0.1) is 37.2 Å². The highest BCUT2D eigenvalue weighted by Crippen LogP contribution is 2.24. The normalized spacial score (nSPS) is 13.5. The summed E-state index contributed by atoms with van der Waals surface area (Å²) in [6.07, 6.45) is 5.90. The molecule has 4 rings (SSSR count). The van der Waals surface area contributed by atoms with Crippen LogP contribution < -0.4 is 15.4 Å². The SMILES string of the molecule is O=C(O)CC(Nc1cnc(OCCc2ccc3c(n2)NCCC3)nc1)c1ccc(Cl)cc1. The Balaban J connectivity index is 1.32. The fraction of sp³-hybridized carbons (Fsp3) is 0.304. The van der Waals surface area contributed by atoms with E-state index >= 15 is 0 Å². The van der Waals surface area contributed by atoms with E-state index in [4.69, 9.17) is 16.3 Å². The number of halogens is 1. The Hall–Kier alpha value is -3.39. The van der Waals surface area contributed by atoms with Gasteiger partial charge >= 0.3 is 12.0 Å². The molecule has 1 aromatic carbocycles. The second-order valence-corrected chi connectivity index (χ2v) is 7.98. The molecule has 0 bridgehead atoms. The van der Waals surface area contributed by atoms with E-state index in [-0.39, 0.29) is 12.4 Å². The van der Waals surface area contributed by atoms with E-state index < -0.39 is 12.0 Å². The summed E-state index contributed by atoms with van der Waals surface area (Å²) < 4.78 is 5.66. The van der Waals surface area contributed by atoms with Gasteiger partial charge in [-0.25, -0.2) is 15.0 Å². The molecule has 0 saturated heterocycles. The van der Waals surface area contributed by atoms with E-state index in [1.54, 1.807) is 36.7 Å². The molecule has 9 heteroatoms. The van der Waals surface area contributed by atoms with Gasteiger partial charge in [0.1, 0.15) is 5.82 Å². The first-order valence-electron chi connectivity index (χ1n) is 10.5. The van der Waals surface area contributed by atoms with Gasteiger partial charge in [0.2, 0.25) is 0 Å². The topological polar surface area (TPSA) is 109 Å². The minimum absolute atomic E-state index is 0.0947. The van der Waals surface area contributed by atoms with E-state index in [1.807, 2.05) is 6.07 Å². The van der Waals surface area contributed by atoms with Crippen molar-refractivity contribution >= 4 is 29.1 Å². The van der Waals surface area contributed by atoms with Gasteiger partial charge in [-0.3, -0.25) is 4.79 Å². The van der Waals surface area contributed by atoms with Crippen LogP contribution in [0, 0.1) is 0 Å². The number of aromatic nitrogens is 3. The van der Waals surface area contributed by atoms with Crippen molar-refractivity contribution in [2.75, 3.05) is 23.8 Å². The third-order valence-corrected chi connectivity index (χ3v) is 5.41. The van der Waals surface area contributed by atoms with Crippen LogP contribution in [0.25, 0.3) is 0 Å². The van der Waals surface area contributed by atoms with Crippen LogP contribution in [0.15, 0.2) is 48.8 Å². The Kier molecular flexibility index (Phi) is 7.01. The van der Waals surface area contributed by atoms with Gasteiger partial charge in [-0.2, -0.15) is 0 Å². The maximum absolute atomic E-state index is 11.3. The quantitative estimate of drug-likeness (QED) is 0.443. The summed E-state index contributed by atoms with van der Waals surface area (Å²) in [5, 5.41) is 16.3. The zero-order chi connectivity index (χ0) is 22.3. The smallest absolute Gasteiger partial charge is 0.316 e. The third kappa shape index (κ3) is 5.85. The predicted octanol–water partition coefficient (Wildman–Crippen LogP) is 4.13. The summed E-state index contributed by atoms with van der Waals surface area (Å²) in [7, 11) is 0. The van der Waals surface area contributed by atoms with Crippen molar-refractivity contribution in [2.45, 2.75) is 31.7 Å². The Bertz CT molecular complexity index is 1060. The Morgan fingerprint density at radius 3 is 2.72 bits per heavy atom. The number of benzene rings is 1. The number of carbonyl (C=O) groups is 1. The van der Waals surface area contributed by atoms with Crippen molar-refractivity contribution in [3.63, 3.8) is 0 Å². The first-order valence-corrected chi connectivity index (χ1v) is 10.9. The van der Waals surface area contributed by atoms with Gasteiger partial charge in [-0.1, -0.05) is 29.8 Å². The number of aliphatic carboxylic acids is 1. The number of carboxylic acids is 1. The van der Waals surface area contributed by atoms with Gasteiger partial charge in [0, 0.05) is 23.7 Å². The van der Waals surface area contributed by atoms with Gasteiger partial charge in [0.25, 0.3) is 0 Å². The maximum atomic E-state index is 11.3. The lowest BCUT2D eigenvalue weighted by Gasteiger charge is -2.18. The molecule has 2 aromatic heterocycles. The van der Waals surface area contributed by atoms with Gasteiger partial charge in [-0.15, -0.1) is 0 Å². The number of fused-ring (bicyclic) bond motifs is 1. The van der Waals surface area contributed by atoms with Gasteiger partial charge in [0.15, 0.2) is 0 Å². The van der Waals surface area contributed by atoms with E-state index in [0.29, 0.717) is 23.7 Å². The first kappa shape index (κ1) is 21.8. The van der Waals surface area contributed by atoms with Crippen molar-refractivity contribution in [3.8, 4) is 6.01 Å². The van der Waals surface area contributed by atoms with Crippen molar-refractivity contribution in [1.82, 2.24) is 15.0 Å². The molecular weight excluding hydrogens is 430 g/mol. The zero-order valence-electron chi connectivity index (χ0n) is 17.4. The second kappa shape index (κ2) is 10.3. The van der Waals surface area contributed by atoms with E-state index in [0.717, 1.165) is 36.5 Å². The number of aryl methyl sites for hydroxylation is 1. The van der Waals surface area contributed by atoms with Crippen molar-refractivity contribution in [3.05, 3.63) is 70.6 Å². The standard InChI is InChI=1S/C23H24ClN5O3/c24-17-6-3-15(4-7-17)20(12-21(30)31)28-19-13-26-23(27-14-19)32-11-9-18-8-5-16-2-1-10-25-22(16)29-18/h3-8,13-14,20,28H,1-2,9-12H2,(H,25,29)(H,30,31). The average molecular weight is 454 g/mol. The highest BCUT2D eigenvalue weighted by atomic mass is 35.5. The molecule has 1 unspecified atom stereocenters. The lowest BCUT2D eigenvalue weighted by molar-refractivity contribution is -0.137. The lowest BCUT2D eigenvalue weighted by Crippen LogP contribution is -2.16. The number of anilines is 2. The summed E-state index contributed by atoms with van der Waals surface area (Å²) >= 11 is 5.93. The van der Waals surface area contributed by atoms with Crippen LogP contribution in [-0.4, -0.2) is 39.2 Å². The molecule has 0 spiro atoms. The summed E-state index contributed by atoms with van der Waals surface area (Å²) in [5.74, 6) is 0.0568. The molecule has 0 radical (unpaired) electrons. The van der Waals surface area contributed by atoms with Crippen LogP contribution in [0.5, 0.6) is 6.01 Å². The van der Waals surface area contributed by atoms with E-state index in [9.17, 15) is 9.90 Å². The second-order valence-electron chi connectivity index (χ2n) is 7.54. The molecular formula is C23H24ClN5O3. The van der Waals surface area contributed by atoms with Crippen molar-refractivity contribution in [2.24, 2.45) is 0 Å². The van der Waals surface area contributed by atoms with Crippen LogP contribution >= 0.6 is 11.6 Å². The summed E-state index contributed by atoms with van der Waals surface area (Å²) in [6, 6.07) is 11.0. The molecule has 0 aliphatic carbocycles. The Morgan fingerprint density at radius 1 is 1.19 bits per heavy atom. The lowest BCUT2D eigenvalue weighted by atomic mass is 10.0. The molecule has 32 heavy (non-hydrogen) atoms. The minimum Gasteiger partial charge on any atom is -0.481 e. The van der Waals surface area contributed by atoms with Crippen LogP contribution in [0.1, 0.15) is 35.7 Å².